The van der Waals surface area contributed by atoms with E-state index in [1.54, 1.807) is 22.8 Å². The highest BCUT2D eigenvalue weighted by molar-refractivity contribution is 14.1. The predicted molar refractivity (Wildman–Crippen MR) is 84.8 cm³/mol. The maximum absolute atomic E-state index is 12.5. The molecule has 0 radical (unpaired) electrons. The number of aromatic nitrogens is 2. The zero-order valence-corrected chi connectivity index (χ0v) is 12.8. The Kier molecular flexibility index (Phi) is 3.66. The van der Waals surface area contributed by atoms with Crippen molar-refractivity contribution < 1.29 is 13.5 Å². The lowest BCUT2D eigenvalue weighted by atomic mass is 10.2. The molecule has 3 aromatic rings. The number of benzene rings is 2. The van der Waals surface area contributed by atoms with Crippen molar-refractivity contribution in [2.75, 3.05) is 5.73 Å². The molecule has 0 saturated carbocycles. The van der Waals surface area contributed by atoms with Gasteiger partial charge >= 0.3 is 6.61 Å². The van der Waals surface area contributed by atoms with Gasteiger partial charge in [0.2, 0.25) is 5.95 Å². The van der Waals surface area contributed by atoms with Gasteiger partial charge in [-0.25, -0.2) is 4.98 Å². The number of hydrogen-bond donors (Lipinski definition) is 1. The molecule has 108 valence electrons. The molecule has 3 rings (SSSR count). The fourth-order valence-corrected chi connectivity index (χ4v) is 2.64. The Morgan fingerprint density at radius 1 is 1.19 bits per heavy atom. The first kappa shape index (κ1) is 14.1. The van der Waals surface area contributed by atoms with Crippen LogP contribution in [0.3, 0.4) is 0 Å². The number of nitrogens with two attached hydrogens (primary N) is 1. The van der Waals surface area contributed by atoms with Gasteiger partial charge in [-0.2, -0.15) is 8.78 Å². The minimum atomic E-state index is -2.90. The van der Waals surface area contributed by atoms with Crippen LogP contribution in [0.1, 0.15) is 0 Å². The topological polar surface area (TPSA) is 53.1 Å². The number of nitrogens with zero attached hydrogens (tertiary/aromatic N) is 2. The van der Waals surface area contributed by atoms with E-state index < -0.39 is 6.61 Å². The average molecular weight is 401 g/mol. The molecule has 0 atom stereocenters. The number of alkyl halides is 2. The Morgan fingerprint density at radius 3 is 2.71 bits per heavy atom. The molecule has 7 heteroatoms. The highest BCUT2D eigenvalue weighted by Crippen LogP contribution is 2.30. The molecule has 2 N–H and O–H groups in total. The zero-order chi connectivity index (χ0) is 15.0. The summed E-state index contributed by atoms with van der Waals surface area (Å²) in [6, 6.07) is 12.1. The minimum absolute atomic E-state index is 0.0528. The van der Waals surface area contributed by atoms with Crippen LogP contribution in [-0.2, 0) is 0 Å². The normalized spacial score (nSPS) is 11.2. The molecule has 0 bridgehead atoms. The molecular formula is C14H10F2IN3O. The summed E-state index contributed by atoms with van der Waals surface area (Å²) in [5, 5.41) is 0. The molecule has 21 heavy (non-hydrogen) atoms. The third kappa shape index (κ3) is 2.65. The Labute approximate surface area is 132 Å². The van der Waals surface area contributed by atoms with E-state index in [0.29, 0.717) is 11.2 Å². The van der Waals surface area contributed by atoms with E-state index in [1.807, 2.05) is 18.2 Å². The molecule has 2 aromatic carbocycles. The third-order valence-corrected chi connectivity index (χ3v) is 3.64. The number of anilines is 1. The molecule has 1 heterocycles. The van der Waals surface area contributed by atoms with Gasteiger partial charge in [-0.3, -0.25) is 4.57 Å². The lowest BCUT2D eigenvalue weighted by Crippen LogP contribution is -2.07. The molecule has 0 aliphatic carbocycles. The van der Waals surface area contributed by atoms with Crippen molar-refractivity contribution in [3.63, 3.8) is 0 Å². The number of hydrogen-bond acceptors (Lipinski definition) is 3. The second-order valence-electron chi connectivity index (χ2n) is 4.28. The molecule has 1 aromatic heterocycles. The van der Waals surface area contributed by atoms with Gasteiger partial charge in [-0.05, 0) is 52.9 Å². The number of halogens is 3. The minimum Gasteiger partial charge on any atom is -0.433 e. The highest BCUT2D eigenvalue weighted by atomic mass is 127. The second-order valence-corrected chi connectivity index (χ2v) is 5.53. The first-order valence-corrected chi connectivity index (χ1v) is 7.12. The number of rotatable bonds is 3. The molecule has 0 aliphatic rings. The van der Waals surface area contributed by atoms with E-state index in [0.717, 1.165) is 9.09 Å². The maximum atomic E-state index is 12.5. The first-order chi connectivity index (χ1) is 10.1. The summed E-state index contributed by atoms with van der Waals surface area (Å²) in [6.07, 6.45) is 0. The summed E-state index contributed by atoms with van der Waals surface area (Å²) in [6.45, 7) is -2.90. The smallest absolute Gasteiger partial charge is 0.387 e. The molecule has 0 saturated heterocycles. The summed E-state index contributed by atoms with van der Waals surface area (Å²) < 4.78 is 32.2. The Hall–Kier alpha value is -1.90. The first-order valence-electron chi connectivity index (χ1n) is 6.04. The van der Waals surface area contributed by atoms with Gasteiger partial charge < -0.3 is 10.5 Å². The Morgan fingerprint density at radius 2 is 1.95 bits per heavy atom. The summed E-state index contributed by atoms with van der Waals surface area (Å²) in [4.78, 5) is 4.26. The molecule has 0 spiro atoms. The van der Waals surface area contributed by atoms with E-state index in [-0.39, 0.29) is 11.7 Å². The number of fused-ring (bicyclic) bond motifs is 1. The van der Waals surface area contributed by atoms with Crippen LogP contribution in [0.5, 0.6) is 5.75 Å². The van der Waals surface area contributed by atoms with Crippen LogP contribution in [0.25, 0.3) is 16.7 Å². The number of imidazole rings is 1. The van der Waals surface area contributed by atoms with E-state index in [2.05, 4.69) is 32.3 Å². The lowest BCUT2D eigenvalue weighted by Gasteiger charge is -2.12. The molecule has 0 unspecified atom stereocenters. The van der Waals surface area contributed by atoms with Gasteiger partial charge in [0.05, 0.1) is 16.7 Å². The fraction of sp³-hybridized carbons (Fsp3) is 0.0714. The molecule has 0 fully saturated rings. The summed E-state index contributed by atoms with van der Waals surface area (Å²) >= 11 is 2.17. The quantitative estimate of drug-likeness (QED) is 0.680. The predicted octanol–water partition coefficient (Wildman–Crippen LogP) is 3.81. The van der Waals surface area contributed by atoms with Gasteiger partial charge in [-0.15, -0.1) is 0 Å². The van der Waals surface area contributed by atoms with Crippen LogP contribution >= 0.6 is 22.6 Å². The van der Waals surface area contributed by atoms with Crippen molar-refractivity contribution in [1.29, 1.82) is 0 Å². The Balaban J connectivity index is 2.23. The number of para-hydroxylation sites is 2. The van der Waals surface area contributed by atoms with Crippen LogP contribution < -0.4 is 10.5 Å². The van der Waals surface area contributed by atoms with Crippen molar-refractivity contribution in [2.24, 2.45) is 0 Å². The van der Waals surface area contributed by atoms with Gasteiger partial charge in [0.25, 0.3) is 0 Å². The van der Waals surface area contributed by atoms with Gasteiger partial charge in [0, 0.05) is 3.57 Å². The average Bonchev–Trinajstić information content (AvgIpc) is 2.74. The largest absolute Gasteiger partial charge is 0.433 e. The second kappa shape index (κ2) is 5.47. The zero-order valence-electron chi connectivity index (χ0n) is 10.6. The molecule has 0 aliphatic heterocycles. The van der Waals surface area contributed by atoms with Crippen LogP contribution in [0.2, 0.25) is 0 Å². The van der Waals surface area contributed by atoms with Crippen LogP contribution in [0.4, 0.5) is 14.7 Å². The molecule has 4 nitrogen and oxygen atoms in total. The maximum Gasteiger partial charge on any atom is 0.387 e. The van der Waals surface area contributed by atoms with Crippen LogP contribution in [0, 0.1) is 3.57 Å². The summed E-state index contributed by atoms with van der Waals surface area (Å²) in [7, 11) is 0. The standard InChI is InChI=1S/C14H10F2IN3O/c15-13(16)21-12-4-2-1-3-11(12)20-10-6-5-8(17)7-9(10)19-14(20)18/h1-7,13H,(H2,18,19). The highest BCUT2D eigenvalue weighted by Gasteiger charge is 2.16. The Bertz CT molecular complexity index is 804. The fourth-order valence-electron chi connectivity index (χ4n) is 2.16. The number of ether oxygens (including phenoxy) is 1. The van der Waals surface area contributed by atoms with E-state index >= 15 is 0 Å². The lowest BCUT2D eigenvalue weighted by molar-refractivity contribution is -0.0498. The molecular weight excluding hydrogens is 391 g/mol. The van der Waals surface area contributed by atoms with Crippen molar-refractivity contribution >= 4 is 39.6 Å². The van der Waals surface area contributed by atoms with E-state index in [4.69, 9.17) is 5.73 Å². The summed E-state index contributed by atoms with van der Waals surface area (Å²) in [5.74, 6) is 0.273. The van der Waals surface area contributed by atoms with Crippen molar-refractivity contribution in [2.45, 2.75) is 6.61 Å². The molecule has 0 amide bonds. The van der Waals surface area contributed by atoms with E-state index in [1.165, 1.54) is 6.07 Å². The van der Waals surface area contributed by atoms with Crippen molar-refractivity contribution in [3.05, 3.63) is 46.0 Å². The van der Waals surface area contributed by atoms with Gasteiger partial charge in [0.1, 0.15) is 5.75 Å². The SMILES string of the molecule is Nc1nc2cc(I)ccc2n1-c1ccccc1OC(F)F. The van der Waals surface area contributed by atoms with E-state index in [9.17, 15) is 8.78 Å². The van der Waals surface area contributed by atoms with Crippen LogP contribution in [-0.4, -0.2) is 16.2 Å². The summed E-state index contributed by atoms with van der Waals surface area (Å²) in [5.41, 5.74) is 7.81. The van der Waals surface area contributed by atoms with Crippen molar-refractivity contribution in [1.82, 2.24) is 9.55 Å². The van der Waals surface area contributed by atoms with Crippen LogP contribution in [0.15, 0.2) is 42.5 Å². The van der Waals surface area contributed by atoms with Crippen molar-refractivity contribution in [3.8, 4) is 11.4 Å². The third-order valence-electron chi connectivity index (χ3n) is 2.96. The monoisotopic (exact) mass is 401 g/mol. The number of nitrogen functional groups attached to an aromatic ring is 1. The van der Waals surface area contributed by atoms with Gasteiger partial charge in [-0.1, -0.05) is 12.1 Å². The van der Waals surface area contributed by atoms with Gasteiger partial charge in [0.15, 0.2) is 0 Å².